The molecule has 17 heavy (non-hydrogen) atoms. The van der Waals surface area contributed by atoms with E-state index in [4.69, 9.17) is 5.73 Å². The fourth-order valence-electron chi connectivity index (χ4n) is 1.52. The van der Waals surface area contributed by atoms with Crippen LogP contribution in [0.4, 0.5) is 18.9 Å². The number of nitrogens with two attached hydrogens (primary N) is 1. The van der Waals surface area contributed by atoms with Crippen LogP contribution < -0.4 is 5.73 Å². The highest BCUT2D eigenvalue weighted by atomic mass is 19.4. The van der Waals surface area contributed by atoms with Gasteiger partial charge in [0, 0.05) is 23.6 Å². The van der Waals surface area contributed by atoms with Crippen LogP contribution in [-0.4, -0.2) is 4.98 Å². The van der Waals surface area contributed by atoms with Crippen molar-refractivity contribution in [3.05, 3.63) is 48.3 Å². The van der Waals surface area contributed by atoms with Crippen LogP contribution in [0.15, 0.2) is 42.7 Å². The maximum atomic E-state index is 12.6. The monoisotopic (exact) mass is 238 g/mol. The summed E-state index contributed by atoms with van der Waals surface area (Å²) in [5.41, 5.74) is 5.81. The minimum atomic E-state index is -4.40. The summed E-state index contributed by atoms with van der Waals surface area (Å²) in [7, 11) is 0. The average molecular weight is 238 g/mol. The molecule has 1 aromatic carbocycles. The molecule has 0 spiro atoms. The van der Waals surface area contributed by atoms with Gasteiger partial charge in [-0.05, 0) is 29.8 Å². The van der Waals surface area contributed by atoms with Crippen molar-refractivity contribution in [1.29, 1.82) is 0 Å². The summed E-state index contributed by atoms with van der Waals surface area (Å²) in [6, 6.07) is 6.81. The van der Waals surface area contributed by atoms with Gasteiger partial charge >= 0.3 is 6.18 Å². The van der Waals surface area contributed by atoms with E-state index in [1.807, 2.05) is 0 Å². The van der Waals surface area contributed by atoms with Gasteiger partial charge in [-0.3, -0.25) is 4.98 Å². The molecular weight excluding hydrogens is 229 g/mol. The molecule has 1 aromatic heterocycles. The maximum Gasteiger partial charge on any atom is 0.416 e. The second-order valence-electron chi connectivity index (χ2n) is 3.58. The average Bonchev–Trinajstić information content (AvgIpc) is 2.28. The van der Waals surface area contributed by atoms with Crippen LogP contribution in [0.2, 0.25) is 0 Å². The third-order valence-electron chi connectivity index (χ3n) is 2.28. The third kappa shape index (κ3) is 2.55. The fraction of sp³-hybridized carbons (Fsp3) is 0.0833. The SMILES string of the molecule is Nc1cc(-c2cccnc2)cc(C(F)(F)F)c1. The standard InChI is InChI=1S/C12H9F3N2/c13-12(14,15)10-4-9(5-11(16)6-10)8-2-1-3-17-7-8/h1-7H,16H2. The third-order valence-corrected chi connectivity index (χ3v) is 2.28. The Kier molecular flexibility index (Phi) is 2.75. The smallest absolute Gasteiger partial charge is 0.399 e. The molecule has 1 heterocycles. The number of nitrogen functional groups attached to an aromatic ring is 1. The minimum absolute atomic E-state index is 0.0821. The number of hydrogen-bond acceptors (Lipinski definition) is 2. The van der Waals surface area contributed by atoms with Gasteiger partial charge in [0.05, 0.1) is 5.56 Å². The number of anilines is 1. The molecule has 0 unspecified atom stereocenters. The number of nitrogens with zero attached hydrogens (tertiary/aromatic N) is 1. The van der Waals surface area contributed by atoms with Crippen molar-refractivity contribution < 1.29 is 13.2 Å². The summed E-state index contributed by atoms with van der Waals surface area (Å²) >= 11 is 0. The van der Waals surface area contributed by atoms with Crippen LogP contribution in [0.3, 0.4) is 0 Å². The van der Waals surface area contributed by atoms with Crippen molar-refractivity contribution in [1.82, 2.24) is 4.98 Å². The number of pyridine rings is 1. The first kappa shape index (κ1) is 11.4. The van der Waals surface area contributed by atoms with Gasteiger partial charge in [0.2, 0.25) is 0 Å². The second-order valence-corrected chi connectivity index (χ2v) is 3.58. The van der Waals surface area contributed by atoms with E-state index in [0.29, 0.717) is 11.1 Å². The highest BCUT2D eigenvalue weighted by Gasteiger charge is 2.31. The van der Waals surface area contributed by atoms with E-state index < -0.39 is 11.7 Å². The van der Waals surface area contributed by atoms with Crippen molar-refractivity contribution in [2.75, 3.05) is 5.73 Å². The zero-order chi connectivity index (χ0) is 12.5. The number of rotatable bonds is 1. The van der Waals surface area contributed by atoms with E-state index in [9.17, 15) is 13.2 Å². The van der Waals surface area contributed by atoms with Gasteiger partial charge in [0.1, 0.15) is 0 Å². The summed E-state index contributed by atoms with van der Waals surface area (Å²) in [4.78, 5) is 3.86. The number of halogens is 3. The predicted molar refractivity (Wildman–Crippen MR) is 59.1 cm³/mol. The molecule has 0 aliphatic rings. The molecule has 0 aliphatic carbocycles. The van der Waals surface area contributed by atoms with E-state index in [-0.39, 0.29) is 5.69 Å². The summed E-state index contributed by atoms with van der Waals surface area (Å²) in [6.45, 7) is 0. The predicted octanol–water partition coefficient (Wildman–Crippen LogP) is 3.35. The van der Waals surface area contributed by atoms with Crippen molar-refractivity contribution in [3.63, 3.8) is 0 Å². The lowest BCUT2D eigenvalue weighted by molar-refractivity contribution is -0.137. The zero-order valence-corrected chi connectivity index (χ0v) is 8.70. The van der Waals surface area contributed by atoms with Gasteiger partial charge in [-0.2, -0.15) is 13.2 Å². The molecule has 0 saturated carbocycles. The summed E-state index contributed by atoms with van der Waals surface area (Å²) < 4.78 is 37.8. The molecule has 0 aliphatic heterocycles. The number of alkyl halides is 3. The highest BCUT2D eigenvalue weighted by molar-refractivity contribution is 5.68. The van der Waals surface area contributed by atoms with Crippen molar-refractivity contribution in [2.24, 2.45) is 0 Å². The largest absolute Gasteiger partial charge is 0.416 e. The first-order chi connectivity index (χ1) is 7.97. The molecule has 0 fully saturated rings. The molecule has 2 rings (SSSR count). The highest BCUT2D eigenvalue weighted by Crippen LogP contribution is 2.33. The Morgan fingerprint density at radius 1 is 1.06 bits per heavy atom. The second kappa shape index (κ2) is 4.08. The number of benzene rings is 1. The first-order valence-corrected chi connectivity index (χ1v) is 4.85. The molecule has 0 saturated heterocycles. The van der Waals surface area contributed by atoms with Crippen molar-refractivity contribution in [2.45, 2.75) is 6.18 Å². The molecule has 5 heteroatoms. The molecule has 2 N–H and O–H groups in total. The molecule has 0 amide bonds. The summed E-state index contributed by atoms with van der Waals surface area (Å²) in [5, 5.41) is 0. The van der Waals surface area contributed by atoms with Gasteiger partial charge in [0.25, 0.3) is 0 Å². The van der Waals surface area contributed by atoms with Crippen LogP contribution in [0.5, 0.6) is 0 Å². The summed E-state index contributed by atoms with van der Waals surface area (Å²) in [5.74, 6) is 0. The zero-order valence-electron chi connectivity index (χ0n) is 8.70. The molecule has 2 nitrogen and oxygen atoms in total. The first-order valence-electron chi connectivity index (χ1n) is 4.85. The van der Waals surface area contributed by atoms with Gasteiger partial charge in [-0.1, -0.05) is 6.07 Å². The van der Waals surface area contributed by atoms with Gasteiger partial charge < -0.3 is 5.73 Å². The Morgan fingerprint density at radius 3 is 2.41 bits per heavy atom. The van der Waals surface area contributed by atoms with E-state index in [2.05, 4.69) is 4.98 Å². The fourth-order valence-corrected chi connectivity index (χ4v) is 1.52. The van der Waals surface area contributed by atoms with E-state index >= 15 is 0 Å². The summed E-state index contributed by atoms with van der Waals surface area (Å²) in [6.07, 6.45) is -1.35. The lowest BCUT2D eigenvalue weighted by Gasteiger charge is -2.10. The van der Waals surface area contributed by atoms with Gasteiger partial charge in [-0.15, -0.1) is 0 Å². The van der Waals surface area contributed by atoms with Crippen LogP contribution in [0.25, 0.3) is 11.1 Å². The molecule has 0 radical (unpaired) electrons. The lowest BCUT2D eigenvalue weighted by Crippen LogP contribution is -2.06. The van der Waals surface area contributed by atoms with E-state index in [1.165, 1.54) is 12.3 Å². The van der Waals surface area contributed by atoms with Crippen LogP contribution in [0, 0.1) is 0 Å². The molecule has 0 bridgehead atoms. The van der Waals surface area contributed by atoms with E-state index in [0.717, 1.165) is 12.1 Å². The van der Waals surface area contributed by atoms with Crippen LogP contribution >= 0.6 is 0 Å². The van der Waals surface area contributed by atoms with Crippen LogP contribution in [-0.2, 0) is 6.18 Å². The topological polar surface area (TPSA) is 38.9 Å². The lowest BCUT2D eigenvalue weighted by atomic mass is 10.0. The van der Waals surface area contributed by atoms with E-state index in [1.54, 1.807) is 18.3 Å². The number of hydrogen-bond donors (Lipinski definition) is 1. The quantitative estimate of drug-likeness (QED) is 0.774. The van der Waals surface area contributed by atoms with Gasteiger partial charge in [-0.25, -0.2) is 0 Å². The molecule has 0 atom stereocenters. The Bertz CT molecular complexity index is 521. The molecule has 88 valence electrons. The minimum Gasteiger partial charge on any atom is -0.399 e. The van der Waals surface area contributed by atoms with Crippen molar-refractivity contribution >= 4 is 5.69 Å². The normalized spacial score (nSPS) is 11.5. The molecular formula is C12H9F3N2. The van der Waals surface area contributed by atoms with Crippen LogP contribution in [0.1, 0.15) is 5.56 Å². The Morgan fingerprint density at radius 2 is 1.82 bits per heavy atom. The number of aromatic nitrogens is 1. The van der Waals surface area contributed by atoms with Crippen molar-refractivity contribution in [3.8, 4) is 11.1 Å². The Labute approximate surface area is 95.9 Å². The Hall–Kier alpha value is -2.04. The Balaban J connectivity index is 2.54. The van der Waals surface area contributed by atoms with Gasteiger partial charge in [0.15, 0.2) is 0 Å². The maximum absolute atomic E-state index is 12.6. The molecule has 2 aromatic rings.